The first-order valence-corrected chi connectivity index (χ1v) is 12.1. The maximum atomic E-state index is 12.6. The number of hydrogen-bond donors (Lipinski definition) is 2. The molecule has 5 nitrogen and oxygen atoms in total. The fraction of sp³-hybridized carbons (Fsp3) is 0.136. The number of hydrogen-bond acceptors (Lipinski definition) is 4. The van der Waals surface area contributed by atoms with Crippen LogP contribution in [0.2, 0.25) is 5.02 Å². The average molecular weight is 461 g/mol. The second kappa shape index (κ2) is 9.55. The molecule has 0 saturated heterocycles. The number of amides is 1. The smallest absolute Gasteiger partial charge is 0.261 e. The Morgan fingerprint density at radius 1 is 1.00 bits per heavy atom. The van der Waals surface area contributed by atoms with Gasteiger partial charge in [-0.2, -0.15) is 0 Å². The van der Waals surface area contributed by atoms with Crippen molar-refractivity contribution in [2.45, 2.75) is 23.6 Å². The second-order valence-electron chi connectivity index (χ2n) is 6.48. The summed E-state index contributed by atoms with van der Waals surface area (Å²) >= 11 is 7.65. The van der Waals surface area contributed by atoms with Gasteiger partial charge < -0.3 is 5.32 Å². The maximum absolute atomic E-state index is 12.6. The van der Waals surface area contributed by atoms with Gasteiger partial charge in [-0.3, -0.25) is 9.52 Å². The molecule has 3 rings (SSSR count). The summed E-state index contributed by atoms with van der Waals surface area (Å²) in [6.45, 7) is 3.87. The van der Waals surface area contributed by atoms with E-state index in [1.807, 2.05) is 32.0 Å². The molecule has 30 heavy (non-hydrogen) atoms. The number of carbonyl (C=O) groups excluding carboxylic acids is 1. The molecule has 2 N–H and O–H groups in total. The van der Waals surface area contributed by atoms with E-state index in [-0.39, 0.29) is 10.8 Å². The first-order chi connectivity index (χ1) is 14.3. The third-order valence-corrected chi connectivity index (χ3v) is 7.04. The van der Waals surface area contributed by atoms with Crippen LogP contribution in [0.4, 0.5) is 11.4 Å². The summed E-state index contributed by atoms with van der Waals surface area (Å²) < 4.78 is 27.8. The van der Waals surface area contributed by atoms with Crippen LogP contribution in [-0.2, 0) is 10.0 Å². The minimum absolute atomic E-state index is 0.0825. The van der Waals surface area contributed by atoms with E-state index < -0.39 is 10.0 Å². The molecule has 1 amide bonds. The molecule has 0 radical (unpaired) electrons. The number of rotatable bonds is 7. The number of sulfonamides is 1. The van der Waals surface area contributed by atoms with Crippen LogP contribution in [0, 0.1) is 6.92 Å². The topological polar surface area (TPSA) is 75.3 Å². The van der Waals surface area contributed by atoms with E-state index in [9.17, 15) is 13.2 Å². The Labute approximate surface area is 185 Å². The van der Waals surface area contributed by atoms with E-state index >= 15 is 0 Å². The highest BCUT2D eigenvalue weighted by Gasteiger charge is 2.16. The van der Waals surface area contributed by atoms with Gasteiger partial charge in [0, 0.05) is 15.6 Å². The summed E-state index contributed by atoms with van der Waals surface area (Å²) in [5, 5.41) is 3.30. The molecule has 0 aliphatic carbocycles. The van der Waals surface area contributed by atoms with E-state index in [0.29, 0.717) is 22.0 Å². The molecule has 0 aliphatic heterocycles. The molecule has 0 fully saturated rings. The third-order valence-electron chi connectivity index (χ3n) is 4.28. The highest BCUT2D eigenvalue weighted by atomic mass is 35.5. The van der Waals surface area contributed by atoms with Crippen molar-refractivity contribution >= 4 is 50.7 Å². The molecule has 0 aliphatic rings. The van der Waals surface area contributed by atoms with Gasteiger partial charge in [0.1, 0.15) is 0 Å². The summed E-state index contributed by atoms with van der Waals surface area (Å²) in [7, 11) is -3.78. The number of nitrogens with one attached hydrogen (secondary N) is 2. The Bertz CT molecular complexity index is 1160. The predicted octanol–water partition coefficient (Wildman–Crippen LogP) is 5.81. The van der Waals surface area contributed by atoms with E-state index in [1.54, 1.807) is 48.2 Å². The Kier molecular flexibility index (Phi) is 7.07. The minimum Gasteiger partial charge on any atom is -0.322 e. The van der Waals surface area contributed by atoms with Gasteiger partial charge in [0.2, 0.25) is 0 Å². The number of benzene rings is 3. The molecule has 3 aromatic carbocycles. The maximum Gasteiger partial charge on any atom is 0.261 e. The van der Waals surface area contributed by atoms with Crippen LogP contribution in [0.15, 0.2) is 76.5 Å². The molecule has 0 bridgehead atoms. The Morgan fingerprint density at radius 2 is 1.67 bits per heavy atom. The van der Waals surface area contributed by atoms with Crippen LogP contribution >= 0.6 is 23.4 Å². The number of aryl methyl sites for hydroxylation is 1. The predicted molar refractivity (Wildman–Crippen MR) is 124 cm³/mol. The highest BCUT2D eigenvalue weighted by Crippen LogP contribution is 2.25. The lowest BCUT2D eigenvalue weighted by atomic mass is 10.2. The van der Waals surface area contributed by atoms with Crippen molar-refractivity contribution in [3.63, 3.8) is 0 Å². The molecular formula is C22H21ClN2O3S2. The lowest BCUT2D eigenvalue weighted by molar-refractivity contribution is 0.102. The average Bonchev–Trinajstić information content (AvgIpc) is 2.71. The van der Waals surface area contributed by atoms with E-state index in [0.717, 1.165) is 16.2 Å². The van der Waals surface area contributed by atoms with Crippen LogP contribution in [-0.4, -0.2) is 20.1 Å². The van der Waals surface area contributed by atoms with E-state index in [1.165, 1.54) is 12.1 Å². The van der Waals surface area contributed by atoms with Gasteiger partial charge in [-0.05, 0) is 66.8 Å². The van der Waals surface area contributed by atoms with Crippen molar-refractivity contribution in [3.05, 3.63) is 82.9 Å². The normalized spacial score (nSPS) is 11.2. The lowest BCUT2D eigenvalue weighted by Gasteiger charge is -2.11. The minimum atomic E-state index is -3.78. The lowest BCUT2D eigenvalue weighted by Crippen LogP contribution is -2.14. The molecule has 3 aromatic rings. The van der Waals surface area contributed by atoms with Crippen LogP contribution in [0.3, 0.4) is 0 Å². The molecule has 0 spiro atoms. The van der Waals surface area contributed by atoms with Crippen molar-refractivity contribution in [1.82, 2.24) is 0 Å². The van der Waals surface area contributed by atoms with Gasteiger partial charge in [0.05, 0.1) is 16.1 Å². The zero-order valence-electron chi connectivity index (χ0n) is 16.5. The van der Waals surface area contributed by atoms with Crippen molar-refractivity contribution in [2.75, 3.05) is 15.8 Å². The van der Waals surface area contributed by atoms with Crippen molar-refractivity contribution < 1.29 is 13.2 Å². The van der Waals surface area contributed by atoms with Gasteiger partial charge in [-0.15, -0.1) is 11.8 Å². The molecule has 156 valence electrons. The SMILES string of the molecule is CCSc1ccccc1C(=O)Nc1ccc(S(=O)(=O)Nc2ccc(C)c(Cl)c2)cc1. The van der Waals surface area contributed by atoms with Crippen molar-refractivity contribution in [1.29, 1.82) is 0 Å². The summed E-state index contributed by atoms with van der Waals surface area (Å²) in [5.41, 5.74) is 2.33. The molecule has 0 unspecified atom stereocenters. The number of carbonyl (C=O) groups is 1. The van der Waals surface area contributed by atoms with Crippen LogP contribution in [0.25, 0.3) is 0 Å². The first kappa shape index (κ1) is 22.2. The molecule has 0 heterocycles. The van der Waals surface area contributed by atoms with Gasteiger partial charge in [-0.25, -0.2) is 8.42 Å². The number of anilines is 2. The second-order valence-corrected chi connectivity index (χ2v) is 9.87. The van der Waals surface area contributed by atoms with Gasteiger partial charge >= 0.3 is 0 Å². The molecule has 8 heteroatoms. The molecule has 0 saturated carbocycles. The standard InChI is InChI=1S/C22H21ClN2O3S2/c1-3-29-21-7-5-4-6-19(21)22(26)24-16-10-12-18(13-11-16)30(27,28)25-17-9-8-15(2)20(23)14-17/h4-14,25H,3H2,1-2H3,(H,24,26). The van der Waals surface area contributed by atoms with E-state index in [2.05, 4.69) is 10.0 Å². The van der Waals surface area contributed by atoms with Crippen LogP contribution in [0.1, 0.15) is 22.8 Å². The van der Waals surface area contributed by atoms with E-state index in [4.69, 9.17) is 11.6 Å². The fourth-order valence-corrected chi connectivity index (χ4v) is 4.75. The third kappa shape index (κ3) is 5.36. The van der Waals surface area contributed by atoms with Gasteiger partial charge in [-0.1, -0.05) is 36.7 Å². The summed E-state index contributed by atoms with van der Waals surface area (Å²) in [6.07, 6.45) is 0. The zero-order chi connectivity index (χ0) is 21.7. The summed E-state index contributed by atoms with van der Waals surface area (Å²) in [5.74, 6) is 0.616. The number of halogens is 1. The quantitative estimate of drug-likeness (QED) is 0.436. The largest absolute Gasteiger partial charge is 0.322 e. The molecule has 0 atom stereocenters. The Hall–Kier alpha value is -2.48. The van der Waals surface area contributed by atoms with Gasteiger partial charge in [0.25, 0.3) is 15.9 Å². The zero-order valence-corrected chi connectivity index (χ0v) is 18.9. The highest BCUT2D eigenvalue weighted by molar-refractivity contribution is 7.99. The van der Waals surface area contributed by atoms with Crippen molar-refractivity contribution in [2.24, 2.45) is 0 Å². The molecular weight excluding hydrogens is 440 g/mol. The Morgan fingerprint density at radius 3 is 2.33 bits per heavy atom. The van der Waals surface area contributed by atoms with Crippen LogP contribution < -0.4 is 10.0 Å². The first-order valence-electron chi connectivity index (χ1n) is 9.22. The van der Waals surface area contributed by atoms with Gasteiger partial charge in [0.15, 0.2) is 0 Å². The molecule has 0 aromatic heterocycles. The number of thioether (sulfide) groups is 1. The monoisotopic (exact) mass is 460 g/mol. The summed E-state index contributed by atoms with van der Waals surface area (Å²) in [6, 6.07) is 18.3. The van der Waals surface area contributed by atoms with Crippen LogP contribution in [0.5, 0.6) is 0 Å². The summed E-state index contributed by atoms with van der Waals surface area (Å²) in [4.78, 5) is 13.6. The Balaban J connectivity index is 1.74. The fourth-order valence-electron chi connectivity index (χ4n) is 2.72. The van der Waals surface area contributed by atoms with Crippen molar-refractivity contribution in [3.8, 4) is 0 Å².